The van der Waals surface area contributed by atoms with Crippen molar-refractivity contribution in [2.75, 3.05) is 13.2 Å². The third-order valence-corrected chi connectivity index (χ3v) is 3.25. The maximum atomic E-state index is 10.4. The van der Waals surface area contributed by atoms with E-state index in [0.717, 1.165) is 5.56 Å². The Hall–Kier alpha value is -1.20. The van der Waals surface area contributed by atoms with Crippen molar-refractivity contribution in [3.63, 3.8) is 0 Å². The molecule has 0 spiro atoms. The fraction of sp³-hybridized carbons (Fsp3) is 0.467. The van der Waals surface area contributed by atoms with E-state index in [4.69, 9.17) is 9.47 Å². The summed E-state index contributed by atoms with van der Waals surface area (Å²) in [7, 11) is 0. The molecule has 0 fully saturated rings. The van der Waals surface area contributed by atoms with Gasteiger partial charge in [0.15, 0.2) is 6.29 Å². The average molecular weight is 264 g/mol. The maximum Gasteiger partial charge on any atom is 0.177 e. The highest BCUT2D eigenvalue weighted by Crippen LogP contribution is 2.31. The third kappa shape index (κ3) is 3.42. The molecule has 4 atom stereocenters. The van der Waals surface area contributed by atoms with E-state index in [0.29, 0.717) is 6.61 Å². The first kappa shape index (κ1) is 14.2. The molecule has 2 rings (SSSR count). The van der Waals surface area contributed by atoms with E-state index < -0.39 is 18.5 Å². The molecule has 0 radical (unpaired) electrons. The largest absolute Gasteiger partial charge is 0.394 e. The lowest BCUT2D eigenvalue weighted by atomic mass is 9.89. The number of aliphatic hydroxyl groups excluding tert-OH is 2. The highest BCUT2D eigenvalue weighted by molar-refractivity contribution is 5.20. The minimum atomic E-state index is -0.697. The van der Waals surface area contributed by atoms with Gasteiger partial charge >= 0.3 is 0 Å². The highest BCUT2D eigenvalue weighted by Gasteiger charge is 2.32. The van der Waals surface area contributed by atoms with Crippen LogP contribution in [0.25, 0.3) is 0 Å². The lowest BCUT2D eigenvalue weighted by Crippen LogP contribution is -2.38. The third-order valence-electron chi connectivity index (χ3n) is 3.25. The van der Waals surface area contributed by atoms with Crippen molar-refractivity contribution in [1.82, 2.24) is 0 Å². The predicted molar refractivity (Wildman–Crippen MR) is 71.4 cm³/mol. The van der Waals surface area contributed by atoms with E-state index in [9.17, 15) is 10.2 Å². The van der Waals surface area contributed by atoms with Crippen molar-refractivity contribution >= 4 is 0 Å². The van der Waals surface area contributed by atoms with Crippen LogP contribution < -0.4 is 0 Å². The van der Waals surface area contributed by atoms with Gasteiger partial charge < -0.3 is 19.7 Å². The summed E-state index contributed by atoms with van der Waals surface area (Å²) < 4.78 is 11.0. The summed E-state index contributed by atoms with van der Waals surface area (Å²) >= 11 is 0. The van der Waals surface area contributed by atoms with Crippen LogP contribution in [0.3, 0.4) is 0 Å². The molecule has 0 aromatic heterocycles. The van der Waals surface area contributed by atoms with E-state index in [2.05, 4.69) is 0 Å². The Bertz CT molecular complexity index is 404. The topological polar surface area (TPSA) is 58.9 Å². The van der Waals surface area contributed by atoms with Gasteiger partial charge in [0.25, 0.3) is 0 Å². The average Bonchev–Trinajstić information content (AvgIpc) is 2.47. The summed E-state index contributed by atoms with van der Waals surface area (Å²) in [6.07, 6.45) is 2.05. The van der Waals surface area contributed by atoms with E-state index in [1.165, 1.54) is 0 Å². The molecular weight excluding hydrogens is 244 g/mol. The number of aliphatic hydroxyl groups is 2. The Kier molecular flexibility index (Phi) is 5.10. The van der Waals surface area contributed by atoms with Gasteiger partial charge in [0.2, 0.25) is 0 Å². The summed E-state index contributed by atoms with van der Waals surface area (Å²) in [4.78, 5) is 0. The van der Waals surface area contributed by atoms with Crippen LogP contribution in [0.5, 0.6) is 0 Å². The minimum absolute atomic E-state index is 0.150. The Balaban J connectivity index is 2.12. The van der Waals surface area contributed by atoms with Crippen LogP contribution in [-0.4, -0.2) is 35.8 Å². The van der Waals surface area contributed by atoms with Crippen LogP contribution in [-0.2, 0) is 9.47 Å². The molecule has 1 aliphatic rings. The second-order valence-corrected chi connectivity index (χ2v) is 4.50. The normalized spacial score (nSPS) is 28.3. The lowest BCUT2D eigenvalue weighted by molar-refractivity contribution is -0.177. The van der Waals surface area contributed by atoms with Gasteiger partial charge in [-0.05, 0) is 18.6 Å². The molecule has 1 aliphatic heterocycles. The summed E-state index contributed by atoms with van der Waals surface area (Å²) in [6.45, 7) is 2.28. The number of ether oxygens (including phenoxy) is 2. The van der Waals surface area contributed by atoms with Crippen LogP contribution in [0.4, 0.5) is 0 Å². The second-order valence-electron chi connectivity index (χ2n) is 4.50. The van der Waals surface area contributed by atoms with Gasteiger partial charge in [-0.3, -0.25) is 0 Å². The summed E-state index contributed by atoms with van der Waals surface area (Å²) in [5.74, 6) is -0.274. The number of hydrogen-bond acceptors (Lipinski definition) is 4. The van der Waals surface area contributed by atoms with Crippen LogP contribution in [0.15, 0.2) is 42.5 Å². The molecule has 2 N–H and O–H groups in total. The highest BCUT2D eigenvalue weighted by atomic mass is 16.7. The molecule has 0 unspecified atom stereocenters. The summed E-state index contributed by atoms with van der Waals surface area (Å²) in [5, 5.41) is 19.8. The number of benzene rings is 1. The molecular formula is C15H20O4. The molecule has 0 aliphatic carbocycles. The Labute approximate surface area is 113 Å². The van der Waals surface area contributed by atoms with Crippen molar-refractivity contribution in [3.8, 4) is 0 Å². The maximum absolute atomic E-state index is 10.4. The SMILES string of the molecule is CCO[C@@H]1C=C[C@H]([C@H](O)c2ccccc2)[C@@H](CO)O1. The first-order chi connectivity index (χ1) is 9.26. The number of hydrogen-bond donors (Lipinski definition) is 2. The van der Waals surface area contributed by atoms with Gasteiger partial charge in [-0.15, -0.1) is 0 Å². The molecule has 0 amide bonds. The van der Waals surface area contributed by atoms with Crippen LogP contribution in [0.1, 0.15) is 18.6 Å². The smallest absolute Gasteiger partial charge is 0.177 e. The fourth-order valence-electron chi connectivity index (χ4n) is 2.26. The van der Waals surface area contributed by atoms with Crippen molar-refractivity contribution in [2.45, 2.75) is 25.4 Å². The first-order valence-corrected chi connectivity index (χ1v) is 6.55. The first-order valence-electron chi connectivity index (χ1n) is 6.55. The van der Waals surface area contributed by atoms with Gasteiger partial charge in [0.1, 0.15) is 0 Å². The number of rotatable bonds is 5. The van der Waals surface area contributed by atoms with Crippen LogP contribution in [0, 0.1) is 5.92 Å². The van der Waals surface area contributed by atoms with Crippen molar-refractivity contribution in [2.24, 2.45) is 5.92 Å². The molecule has 0 saturated heterocycles. The molecule has 4 nitrogen and oxygen atoms in total. The zero-order chi connectivity index (χ0) is 13.7. The van der Waals surface area contributed by atoms with E-state index >= 15 is 0 Å². The van der Waals surface area contributed by atoms with Gasteiger partial charge in [-0.2, -0.15) is 0 Å². The van der Waals surface area contributed by atoms with Crippen molar-refractivity contribution in [3.05, 3.63) is 48.0 Å². The van der Waals surface area contributed by atoms with E-state index in [-0.39, 0.29) is 12.5 Å². The predicted octanol–water partition coefficient (Wildman–Crippen LogP) is 1.65. The molecule has 1 aromatic carbocycles. The van der Waals surface area contributed by atoms with Crippen molar-refractivity contribution < 1.29 is 19.7 Å². The monoisotopic (exact) mass is 264 g/mol. The van der Waals surface area contributed by atoms with Crippen LogP contribution >= 0.6 is 0 Å². The zero-order valence-electron chi connectivity index (χ0n) is 11.0. The standard InChI is InChI=1S/C15H20O4/c1-2-18-14-9-8-12(13(10-16)19-14)15(17)11-6-4-3-5-7-11/h3-9,12-17H,2,10H2,1H3/t12-,13+,14-,15+/m0/s1. The molecule has 0 saturated carbocycles. The molecule has 104 valence electrons. The quantitative estimate of drug-likeness (QED) is 0.794. The van der Waals surface area contributed by atoms with Gasteiger partial charge in [-0.1, -0.05) is 36.4 Å². The molecule has 0 bridgehead atoms. The lowest BCUT2D eigenvalue weighted by Gasteiger charge is -2.33. The molecule has 1 heterocycles. The summed E-state index contributed by atoms with van der Waals surface area (Å²) in [6, 6.07) is 9.38. The second kappa shape index (κ2) is 6.82. The molecule has 1 aromatic rings. The minimum Gasteiger partial charge on any atom is -0.394 e. The fourth-order valence-corrected chi connectivity index (χ4v) is 2.26. The Morgan fingerprint density at radius 3 is 2.63 bits per heavy atom. The van der Waals surface area contributed by atoms with Gasteiger partial charge in [-0.25, -0.2) is 0 Å². The van der Waals surface area contributed by atoms with E-state index in [1.807, 2.05) is 43.3 Å². The van der Waals surface area contributed by atoms with E-state index in [1.54, 1.807) is 6.08 Å². The van der Waals surface area contributed by atoms with Crippen LogP contribution in [0.2, 0.25) is 0 Å². The van der Waals surface area contributed by atoms with Gasteiger partial charge in [0, 0.05) is 12.5 Å². The Morgan fingerprint density at radius 1 is 1.26 bits per heavy atom. The Morgan fingerprint density at radius 2 is 2.00 bits per heavy atom. The summed E-state index contributed by atoms with van der Waals surface area (Å²) in [5.41, 5.74) is 0.814. The van der Waals surface area contributed by atoms with Gasteiger partial charge in [0.05, 0.1) is 18.8 Å². The molecule has 19 heavy (non-hydrogen) atoms. The zero-order valence-corrected chi connectivity index (χ0v) is 11.0. The molecule has 4 heteroatoms. The van der Waals surface area contributed by atoms with Crippen molar-refractivity contribution in [1.29, 1.82) is 0 Å².